The summed E-state index contributed by atoms with van der Waals surface area (Å²) in [6.07, 6.45) is 1.01. The van der Waals surface area contributed by atoms with Gasteiger partial charge < -0.3 is 10.4 Å². The van der Waals surface area contributed by atoms with Crippen LogP contribution in [-0.4, -0.2) is 37.5 Å². The Balaban J connectivity index is 2.80. The number of hydrogen-bond acceptors (Lipinski definition) is 4. The molecule has 1 aromatic rings. The first kappa shape index (κ1) is 14.7. The van der Waals surface area contributed by atoms with E-state index in [1.165, 1.54) is 6.92 Å². The van der Waals surface area contributed by atoms with Crippen LogP contribution in [0.4, 0.5) is 0 Å². The third-order valence-corrected chi connectivity index (χ3v) is 4.21. The first-order valence-electron chi connectivity index (χ1n) is 5.51. The van der Waals surface area contributed by atoms with Crippen LogP contribution in [-0.2, 0) is 14.6 Å². The Morgan fingerprint density at radius 3 is 2.33 bits per heavy atom. The minimum Gasteiger partial charge on any atom is -0.394 e. The quantitative estimate of drug-likeness (QED) is 0.805. The van der Waals surface area contributed by atoms with Gasteiger partial charge in [0.1, 0.15) is 5.25 Å². The van der Waals surface area contributed by atoms with E-state index in [1.54, 1.807) is 24.3 Å². The summed E-state index contributed by atoms with van der Waals surface area (Å²) in [5.74, 6) is -0.611. The lowest BCUT2D eigenvalue weighted by Gasteiger charge is -2.18. The third-order valence-electron chi connectivity index (χ3n) is 2.71. The van der Waals surface area contributed by atoms with Crippen molar-refractivity contribution in [3.63, 3.8) is 0 Å². The molecule has 1 unspecified atom stereocenters. The minimum absolute atomic E-state index is 0.285. The monoisotopic (exact) mass is 271 g/mol. The Morgan fingerprint density at radius 2 is 1.89 bits per heavy atom. The average Bonchev–Trinajstić information content (AvgIpc) is 2.34. The second-order valence-electron chi connectivity index (χ2n) is 4.13. The van der Waals surface area contributed by atoms with Crippen LogP contribution >= 0.6 is 0 Å². The molecule has 1 aromatic carbocycles. The van der Waals surface area contributed by atoms with Crippen LogP contribution in [0.2, 0.25) is 0 Å². The molecule has 0 aliphatic heterocycles. The van der Waals surface area contributed by atoms with E-state index in [2.05, 4.69) is 5.32 Å². The summed E-state index contributed by atoms with van der Waals surface area (Å²) in [4.78, 5) is 11.7. The molecule has 2 N–H and O–H groups in total. The van der Waals surface area contributed by atoms with Gasteiger partial charge in [-0.1, -0.05) is 30.3 Å². The van der Waals surface area contributed by atoms with Crippen molar-refractivity contribution in [1.82, 2.24) is 5.32 Å². The van der Waals surface area contributed by atoms with Crippen molar-refractivity contribution in [2.24, 2.45) is 0 Å². The van der Waals surface area contributed by atoms with Crippen molar-refractivity contribution in [2.75, 3.05) is 12.9 Å². The Morgan fingerprint density at radius 1 is 1.33 bits per heavy atom. The number of hydrogen-bond donors (Lipinski definition) is 2. The molecule has 0 heterocycles. The molecule has 0 fully saturated rings. The van der Waals surface area contributed by atoms with E-state index >= 15 is 0 Å². The highest BCUT2D eigenvalue weighted by Crippen LogP contribution is 2.12. The molecule has 0 aliphatic carbocycles. The van der Waals surface area contributed by atoms with E-state index in [4.69, 9.17) is 0 Å². The molecule has 0 spiro atoms. The van der Waals surface area contributed by atoms with Crippen LogP contribution < -0.4 is 5.32 Å². The first-order valence-corrected chi connectivity index (χ1v) is 7.46. The van der Waals surface area contributed by atoms with Gasteiger partial charge in [0, 0.05) is 6.26 Å². The summed E-state index contributed by atoms with van der Waals surface area (Å²) < 4.78 is 22.5. The highest BCUT2D eigenvalue weighted by Gasteiger charge is 2.25. The molecule has 0 aliphatic rings. The van der Waals surface area contributed by atoms with Crippen LogP contribution in [0.5, 0.6) is 0 Å². The Hall–Kier alpha value is -1.40. The largest absolute Gasteiger partial charge is 0.394 e. The molecule has 1 rings (SSSR count). The first-order chi connectivity index (χ1) is 8.36. The summed E-state index contributed by atoms with van der Waals surface area (Å²) >= 11 is 0. The predicted octanol–water partition coefficient (Wildman–Crippen LogP) is 0.269. The molecular formula is C12H17NO4S. The van der Waals surface area contributed by atoms with Gasteiger partial charge in [-0.15, -0.1) is 0 Å². The molecule has 5 nitrogen and oxygen atoms in total. The highest BCUT2D eigenvalue weighted by atomic mass is 32.2. The molecule has 0 saturated heterocycles. The van der Waals surface area contributed by atoms with Crippen molar-refractivity contribution in [3.05, 3.63) is 35.9 Å². The summed E-state index contributed by atoms with van der Waals surface area (Å²) in [5.41, 5.74) is 0.731. The number of amides is 1. The van der Waals surface area contributed by atoms with Crippen LogP contribution in [0.15, 0.2) is 30.3 Å². The smallest absolute Gasteiger partial charge is 0.238 e. The Kier molecular flexibility index (Phi) is 4.86. The molecule has 0 aromatic heterocycles. The summed E-state index contributed by atoms with van der Waals surface area (Å²) in [6, 6.07) is 8.30. The standard InChI is InChI=1S/C12H17NO4S/c1-9(18(2,16)17)12(15)13-11(8-14)10-6-4-3-5-7-10/h3-7,9,11,14H,8H2,1-2H3,(H,13,15)/t9?,11-/m1/s1. The number of benzene rings is 1. The molecule has 18 heavy (non-hydrogen) atoms. The van der Waals surface area contributed by atoms with Gasteiger partial charge in [-0.25, -0.2) is 8.42 Å². The zero-order valence-electron chi connectivity index (χ0n) is 10.3. The fourth-order valence-corrected chi connectivity index (χ4v) is 1.86. The number of rotatable bonds is 5. The van der Waals surface area contributed by atoms with Gasteiger partial charge in [0.25, 0.3) is 0 Å². The number of sulfone groups is 1. The van der Waals surface area contributed by atoms with Gasteiger partial charge in [0.15, 0.2) is 9.84 Å². The minimum atomic E-state index is -3.43. The molecule has 6 heteroatoms. The van der Waals surface area contributed by atoms with Crippen molar-refractivity contribution < 1.29 is 18.3 Å². The maximum atomic E-state index is 11.7. The van der Waals surface area contributed by atoms with E-state index in [0.29, 0.717) is 0 Å². The maximum absolute atomic E-state index is 11.7. The van der Waals surface area contributed by atoms with Crippen molar-refractivity contribution >= 4 is 15.7 Å². The zero-order valence-corrected chi connectivity index (χ0v) is 11.1. The van der Waals surface area contributed by atoms with E-state index in [9.17, 15) is 18.3 Å². The van der Waals surface area contributed by atoms with Crippen LogP contribution in [0.1, 0.15) is 18.5 Å². The molecular weight excluding hydrogens is 254 g/mol. The summed E-state index contributed by atoms with van der Waals surface area (Å²) in [5, 5.41) is 10.6. The highest BCUT2D eigenvalue weighted by molar-refractivity contribution is 7.92. The van der Waals surface area contributed by atoms with Crippen LogP contribution in [0, 0.1) is 0 Å². The molecule has 0 saturated carbocycles. The Bertz CT molecular complexity index is 498. The van der Waals surface area contributed by atoms with E-state index in [0.717, 1.165) is 11.8 Å². The fraction of sp³-hybridized carbons (Fsp3) is 0.417. The van der Waals surface area contributed by atoms with E-state index < -0.39 is 27.0 Å². The number of nitrogens with one attached hydrogen (secondary N) is 1. The van der Waals surface area contributed by atoms with Gasteiger partial charge in [-0.3, -0.25) is 4.79 Å². The molecule has 2 atom stereocenters. The van der Waals surface area contributed by atoms with E-state index in [-0.39, 0.29) is 6.61 Å². The van der Waals surface area contributed by atoms with Crippen molar-refractivity contribution in [2.45, 2.75) is 18.2 Å². The summed E-state index contributed by atoms with van der Waals surface area (Å²) in [6.45, 7) is 1.04. The maximum Gasteiger partial charge on any atom is 0.238 e. The number of aliphatic hydroxyl groups excluding tert-OH is 1. The number of carbonyl (C=O) groups is 1. The average molecular weight is 271 g/mol. The lowest BCUT2D eigenvalue weighted by molar-refractivity contribution is -0.121. The van der Waals surface area contributed by atoms with Crippen LogP contribution in [0.3, 0.4) is 0 Å². The second kappa shape index (κ2) is 5.97. The number of carbonyl (C=O) groups excluding carboxylic acids is 1. The third kappa shape index (κ3) is 3.82. The summed E-state index contributed by atoms with van der Waals surface area (Å²) in [7, 11) is -3.43. The topological polar surface area (TPSA) is 83.5 Å². The van der Waals surface area contributed by atoms with Crippen LogP contribution in [0.25, 0.3) is 0 Å². The van der Waals surface area contributed by atoms with Crippen molar-refractivity contribution in [3.8, 4) is 0 Å². The van der Waals surface area contributed by atoms with Gasteiger partial charge >= 0.3 is 0 Å². The molecule has 0 bridgehead atoms. The Labute approximate surface area is 107 Å². The van der Waals surface area contributed by atoms with Gasteiger partial charge in [-0.05, 0) is 12.5 Å². The lowest BCUT2D eigenvalue weighted by Crippen LogP contribution is -2.40. The molecule has 100 valence electrons. The molecule has 1 amide bonds. The SMILES string of the molecule is CC(C(=O)N[C@H](CO)c1ccccc1)S(C)(=O)=O. The lowest BCUT2D eigenvalue weighted by atomic mass is 10.1. The van der Waals surface area contributed by atoms with Gasteiger partial charge in [0.2, 0.25) is 5.91 Å². The second-order valence-corrected chi connectivity index (χ2v) is 6.49. The fourth-order valence-electron chi connectivity index (χ4n) is 1.40. The van der Waals surface area contributed by atoms with Gasteiger partial charge in [-0.2, -0.15) is 0 Å². The zero-order chi connectivity index (χ0) is 13.8. The van der Waals surface area contributed by atoms with Crippen molar-refractivity contribution in [1.29, 1.82) is 0 Å². The van der Waals surface area contributed by atoms with Gasteiger partial charge in [0.05, 0.1) is 12.6 Å². The molecule has 0 radical (unpaired) electrons. The normalized spacial score (nSPS) is 14.8. The number of aliphatic hydroxyl groups is 1. The predicted molar refractivity (Wildman–Crippen MR) is 68.7 cm³/mol. The van der Waals surface area contributed by atoms with E-state index in [1.807, 2.05) is 6.07 Å².